The van der Waals surface area contributed by atoms with Gasteiger partial charge in [-0.15, -0.1) is 16.4 Å². The van der Waals surface area contributed by atoms with Crippen LogP contribution in [0.3, 0.4) is 0 Å². The van der Waals surface area contributed by atoms with Crippen molar-refractivity contribution >= 4 is 22.9 Å². The number of phenols is 1. The summed E-state index contributed by atoms with van der Waals surface area (Å²) in [5.41, 5.74) is 1.56. The molecule has 1 amide bonds. The largest absolute Gasteiger partial charge is 0.508 e. The number of nitrogens with zero attached hydrogens (tertiary/aromatic N) is 5. The Labute approximate surface area is 188 Å². The normalized spacial score (nSPS) is 14.0. The van der Waals surface area contributed by atoms with E-state index in [1.807, 2.05) is 23.6 Å². The van der Waals surface area contributed by atoms with Crippen molar-refractivity contribution in [3.63, 3.8) is 0 Å². The SMILES string of the molecule is O=C(c1nc(-c2cccs2)n(-c2ccc(F)cc2)n1)N1CCN(c2cccc(O)c2)CC1. The van der Waals surface area contributed by atoms with Crippen molar-refractivity contribution in [1.82, 2.24) is 19.7 Å². The summed E-state index contributed by atoms with van der Waals surface area (Å²) in [5.74, 6) is 0.307. The zero-order chi connectivity index (χ0) is 22.1. The van der Waals surface area contributed by atoms with Gasteiger partial charge < -0.3 is 14.9 Å². The van der Waals surface area contributed by atoms with Gasteiger partial charge in [0.25, 0.3) is 5.91 Å². The number of aromatic nitrogens is 3. The number of halogens is 1. The van der Waals surface area contributed by atoms with Crippen LogP contribution in [-0.2, 0) is 0 Å². The Hall–Kier alpha value is -3.72. The summed E-state index contributed by atoms with van der Waals surface area (Å²) in [6.45, 7) is 2.33. The molecule has 9 heteroatoms. The van der Waals surface area contributed by atoms with Crippen LogP contribution in [0.1, 0.15) is 10.6 Å². The first-order valence-electron chi connectivity index (χ1n) is 10.2. The van der Waals surface area contributed by atoms with E-state index in [4.69, 9.17) is 0 Å². The summed E-state index contributed by atoms with van der Waals surface area (Å²) in [4.78, 5) is 22.5. The smallest absolute Gasteiger partial charge is 0.293 e. The maximum Gasteiger partial charge on any atom is 0.293 e. The lowest BCUT2D eigenvalue weighted by Crippen LogP contribution is -2.49. The molecule has 1 saturated heterocycles. The number of rotatable bonds is 4. The topological polar surface area (TPSA) is 74.5 Å². The highest BCUT2D eigenvalue weighted by Crippen LogP contribution is 2.26. The number of phenolic OH excluding ortho intramolecular Hbond substituents is 1. The Morgan fingerprint density at radius 2 is 1.75 bits per heavy atom. The third kappa shape index (κ3) is 3.94. The lowest BCUT2D eigenvalue weighted by Gasteiger charge is -2.35. The fourth-order valence-electron chi connectivity index (χ4n) is 3.73. The predicted molar refractivity (Wildman–Crippen MR) is 121 cm³/mol. The van der Waals surface area contributed by atoms with Gasteiger partial charge >= 0.3 is 0 Å². The summed E-state index contributed by atoms with van der Waals surface area (Å²) in [6.07, 6.45) is 0. The van der Waals surface area contributed by atoms with Gasteiger partial charge in [0.15, 0.2) is 5.82 Å². The fourth-order valence-corrected chi connectivity index (χ4v) is 4.43. The van der Waals surface area contributed by atoms with E-state index in [-0.39, 0.29) is 23.3 Å². The van der Waals surface area contributed by atoms with Gasteiger partial charge in [-0.05, 0) is 47.8 Å². The van der Waals surface area contributed by atoms with Crippen molar-refractivity contribution in [3.05, 3.63) is 77.7 Å². The van der Waals surface area contributed by atoms with E-state index in [2.05, 4.69) is 15.0 Å². The molecule has 1 N–H and O–H groups in total. The molecule has 3 heterocycles. The molecule has 2 aromatic heterocycles. The zero-order valence-corrected chi connectivity index (χ0v) is 17.9. The standard InChI is InChI=1S/C23H20FN5O2S/c24-16-6-8-17(9-7-16)29-22(20-5-2-14-32-20)25-21(26-29)23(31)28-12-10-27(11-13-28)18-3-1-4-19(30)15-18/h1-9,14-15,30H,10-13H2. The van der Waals surface area contributed by atoms with Crippen LogP contribution in [0.5, 0.6) is 5.75 Å². The number of amides is 1. The molecule has 2 aromatic carbocycles. The van der Waals surface area contributed by atoms with Gasteiger partial charge in [0.05, 0.1) is 10.6 Å². The summed E-state index contributed by atoms with van der Waals surface area (Å²) >= 11 is 1.50. The molecule has 162 valence electrons. The molecule has 0 unspecified atom stereocenters. The number of thiophene rings is 1. The molecule has 0 saturated carbocycles. The Balaban J connectivity index is 1.38. The second-order valence-corrected chi connectivity index (χ2v) is 8.37. The quantitative estimate of drug-likeness (QED) is 0.513. The van der Waals surface area contributed by atoms with Gasteiger partial charge in [0.1, 0.15) is 11.6 Å². The Bertz CT molecular complexity index is 1230. The number of aromatic hydroxyl groups is 1. The predicted octanol–water partition coefficient (Wildman–Crippen LogP) is 3.80. The van der Waals surface area contributed by atoms with Gasteiger partial charge in [-0.1, -0.05) is 12.1 Å². The third-order valence-electron chi connectivity index (χ3n) is 5.37. The van der Waals surface area contributed by atoms with Crippen molar-refractivity contribution in [1.29, 1.82) is 0 Å². The molecule has 1 fully saturated rings. The van der Waals surface area contributed by atoms with Crippen LogP contribution < -0.4 is 4.90 Å². The molecule has 32 heavy (non-hydrogen) atoms. The first kappa shape index (κ1) is 20.2. The summed E-state index contributed by atoms with van der Waals surface area (Å²) in [5, 5.41) is 16.1. The molecular formula is C23H20FN5O2S. The van der Waals surface area contributed by atoms with Crippen molar-refractivity contribution in [3.8, 4) is 22.1 Å². The fraction of sp³-hybridized carbons (Fsp3) is 0.174. The van der Waals surface area contributed by atoms with Crippen LogP contribution in [0.2, 0.25) is 0 Å². The number of carbonyl (C=O) groups excluding carboxylic acids is 1. The highest BCUT2D eigenvalue weighted by molar-refractivity contribution is 7.13. The second kappa shape index (κ2) is 8.43. The van der Waals surface area contributed by atoms with Gasteiger partial charge in [-0.25, -0.2) is 14.1 Å². The Morgan fingerprint density at radius 1 is 0.969 bits per heavy atom. The number of benzene rings is 2. The van der Waals surface area contributed by atoms with Crippen molar-refractivity contribution in [2.75, 3.05) is 31.1 Å². The maximum atomic E-state index is 13.4. The molecule has 7 nitrogen and oxygen atoms in total. The molecule has 4 aromatic rings. The number of piperazine rings is 1. The number of hydrogen-bond acceptors (Lipinski definition) is 6. The van der Waals surface area contributed by atoms with Gasteiger partial charge in [0, 0.05) is 37.9 Å². The third-order valence-corrected chi connectivity index (χ3v) is 6.24. The molecular weight excluding hydrogens is 429 g/mol. The Morgan fingerprint density at radius 3 is 2.44 bits per heavy atom. The van der Waals surface area contributed by atoms with E-state index >= 15 is 0 Å². The first-order chi connectivity index (χ1) is 15.6. The zero-order valence-electron chi connectivity index (χ0n) is 17.1. The molecule has 5 rings (SSSR count). The van der Waals surface area contributed by atoms with E-state index in [9.17, 15) is 14.3 Å². The van der Waals surface area contributed by atoms with Crippen LogP contribution in [0, 0.1) is 5.82 Å². The second-order valence-electron chi connectivity index (χ2n) is 7.42. The average Bonchev–Trinajstić information content (AvgIpc) is 3.49. The average molecular weight is 450 g/mol. The minimum absolute atomic E-state index is 0.114. The van der Waals surface area contributed by atoms with E-state index in [1.165, 1.54) is 23.5 Å². The minimum atomic E-state index is -0.340. The van der Waals surface area contributed by atoms with E-state index in [1.54, 1.807) is 39.9 Å². The summed E-state index contributed by atoms with van der Waals surface area (Å²) in [7, 11) is 0. The monoisotopic (exact) mass is 449 g/mol. The molecule has 0 bridgehead atoms. The van der Waals surface area contributed by atoms with Gasteiger partial charge in [0.2, 0.25) is 5.82 Å². The summed E-state index contributed by atoms with van der Waals surface area (Å²) in [6, 6.07) is 16.9. The lowest BCUT2D eigenvalue weighted by atomic mass is 10.2. The van der Waals surface area contributed by atoms with Crippen molar-refractivity contribution < 1.29 is 14.3 Å². The highest BCUT2D eigenvalue weighted by atomic mass is 32.1. The maximum absolute atomic E-state index is 13.4. The number of hydrogen-bond donors (Lipinski definition) is 1. The van der Waals surface area contributed by atoms with Crippen LogP contribution in [0.15, 0.2) is 66.0 Å². The van der Waals surface area contributed by atoms with E-state index < -0.39 is 0 Å². The van der Waals surface area contributed by atoms with Crippen LogP contribution in [0.4, 0.5) is 10.1 Å². The first-order valence-corrected chi connectivity index (χ1v) is 11.1. The molecule has 1 aliphatic heterocycles. The number of carbonyl (C=O) groups is 1. The lowest BCUT2D eigenvalue weighted by molar-refractivity contribution is 0.0734. The molecule has 1 aliphatic rings. The number of anilines is 1. The minimum Gasteiger partial charge on any atom is -0.508 e. The summed E-state index contributed by atoms with van der Waals surface area (Å²) < 4.78 is 15.0. The van der Waals surface area contributed by atoms with Crippen molar-refractivity contribution in [2.24, 2.45) is 0 Å². The highest BCUT2D eigenvalue weighted by Gasteiger charge is 2.27. The molecule has 0 atom stereocenters. The van der Waals surface area contributed by atoms with Gasteiger partial charge in [-0.3, -0.25) is 4.79 Å². The van der Waals surface area contributed by atoms with E-state index in [0.29, 0.717) is 37.7 Å². The van der Waals surface area contributed by atoms with Crippen LogP contribution in [-0.4, -0.2) is 56.9 Å². The van der Waals surface area contributed by atoms with Crippen LogP contribution >= 0.6 is 11.3 Å². The van der Waals surface area contributed by atoms with E-state index in [0.717, 1.165) is 10.6 Å². The van der Waals surface area contributed by atoms with Crippen LogP contribution in [0.25, 0.3) is 16.4 Å². The molecule has 0 radical (unpaired) electrons. The molecule has 0 spiro atoms. The Kier molecular flexibility index (Phi) is 5.32. The van der Waals surface area contributed by atoms with Gasteiger partial charge in [-0.2, -0.15) is 0 Å². The van der Waals surface area contributed by atoms with Crippen molar-refractivity contribution in [2.45, 2.75) is 0 Å². The molecule has 0 aliphatic carbocycles.